The van der Waals surface area contributed by atoms with Crippen LogP contribution in [0, 0.1) is 10.1 Å². The lowest BCUT2D eigenvalue weighted by Gasteiger charge is -2.19. The highest BCUT2D eigenvalue weighted by Gasteiger charge is 2.11. The normalized spacial score (nSPS) is 10.4. The molecule has 0 saturated carbocycles. The topological polar surface area (TPSA) is 101 Å². The molecule has 0 saturated heterocycles. The average molecular weight is 377 g/mol. The summed E-state index contributed by atoms with van der Waals surface area (Å²) in [6.07, 6.45) is 1.63. The number of carbonyl (C=O) groups excluding carboxylic acids is 1. The van der Waals surface area contributed by atoms with E-state index in [2.05, 4.69) is 15.3 Å². The first-order chi connectivity index (χ1) is 13.5. The lowest BCUT2D eigenvalue weighted by molar-refractivity contribution is -0.384. The lowest BCUT2D eigenvalue weighted by Crippen LogP contribution is -2.27. The van der Waals surface area contributed by atoms with Gasteiger partial charge in [0.1, 0.15) is 0 Å². The molecule has 0 unspecified atom stereocenters. The van der Waals surface area contributed by atoms with Crippen LogP contribution in [0.3, 0.4) is 0 Å². The van der Waals surface area contributed by atoms with Gasteiger partial charge in [0.2, 0.25) is 11.9 Å². The molecule has 3 aromatic rings. The predicted octanol–water partition coefficient (Wildman–Crippen LogP) is 4.17. The Hall–Kier alpha value is -3.81. The molecule has 1 aromatic heterocycles. The van der Waals surface area contributed by atoms with Crippen LogP contribution in [0.5, 0.6) is 0 Å². The first-order valence-electron chi connectivity index (χ1n) is 8.71. The number of nitrogens with zero attached hydrogens (tertiary/aromatic N) is 4. The maximum Gasteiger partial charge on any atom is 0.269 e. The Labute approximate surface area is 162 Å². The minimum absolute atomic E-state index is 0.0167. The average Bonchev–Trinajstić information content (AvgIpc) is 2.69. The summed E-state index contributed by atoms with van der Waals surface area (Å²) in [7, 11) is 0. The Balaban J connectivity index is 1.85. The smallest absolute Gasteiger partial charge is 0.269 e. The van der Waals surface area contributed by atoms with Crippen molar-refractivity contribution in [2.75, 3.05) is 16.8 Å². The Bertz CT molecular complexity index is 1000. The standard InChI is InChI=1S/C20H19N5O3/c1-3-24(14(2)26)18-6-4-5-15(13-18)19-11-12-21-20(23-19)22-16-7-9-17(10-8-16)25(27)28/h4-13H,3H2,1-2H3,(H,21,22,23). The molecule has 8 heteroatoms. The molecule has 0 bridgehead atoms. The Morgan fingerprint density at radius 2 is 1.93 bits per heavy atom. The van der Waals surface area contributed by atoms with Crippen LogP contribution in [0.2, 0.25) is 0 Å². The van der Waals surface area contributed by atoms with E-state index < -0.39 is 4.92 Å². The van der Waals surface area contributed by atoms with Crippen molar-refractivity contribution in [3.63, 3.8) is 0 Å². The van der Waals surface area contributed by atoms with Gasteiger partial charge in [-0.25, -0.2) is 9.97 Å². The zero-order valence-corrected chi connectivity index (χ0v) is 15.5. The van der Waals surface area contributed by atoms with Crippen LogP contribution in [0.25, 0.3) is 11.3 Å². The highest BCUT2D eigenvalue weighted by molar-refractivity contribution is 5.92. The van der Waals surface area contributed by atoms with Crippen LogP contribution in [-0.2, 0) is 4.79 Å². The Morgan fingerprint density at radius 1 is 1.18 bits per heavy atom. The zero-order valence-electron chi connectivity index (χ0n) is 15.5. The van der Waals surface area contributed by atoms with Gasteiger partial charge in [0.25, 0.3) is 5.69 Å². The zero-order chi connectivity index (χ0) is 20.1. The van der Waals surface area contributed by atoms with Gasteiger partial charge in [-0.3, -0.25) is 14.9 Å². The molecule has 2 aromatic carbocycles. The van der Waals surface area contributed by atoms with E-state index in [1.807, 2.05) is 31.2 Å². The third-order valence-electron chi connectivity index (χ3n) is 4.14. The van der Waals surface area contributed by atoms with E-state index in [0.29, 0.717) is 23.9 Å². The minimum atomic E-state index is -0.450. The third-order valence-corrected chi connectivity index (χ3v) is 4.14. The summed E-state index contributed by atoms with van der Waals surface area (Å²) in [4.78, 5) is 32.5. The molecule has 0 radical (unpaired) electrons. The fourth-order valence-corrected chi connectivity index (χ4v) is 2.80. The number of rotatable bonds is 6. The van der Waals surface area contributed by atoms with Crippen molar-refractivity contribution in [3.05, 3.63) is 70.9 Å². The lowest BCUT2D eigenvalue weighted by atomic mass is 10.1. The largest absolute Gasteiger partial charge is 0.324 e. The molecule has 3 rings (SSSR count). The molecule has 28 heavy (non-hydrogen) atoms. The third kappa shape index (κ3) is 4.29. The molecular weight excluding hydrogens is 358 g/mol. The molecule has 0 fully saturated rings. The fraction of sp³-hybridized carbons (Fsp3) is 0.150. The quantitative estimate of drug-likeness (QED) is 0.511. The molecule has 142 valence electrons. The first kappa shape index (κ1) is 19.0. The van der Waals surface area contributed by atoms with Gasteiger partial charge in [-0.15, -0.1) is 0 Å². The second kappa shape index (κ2) is 8.26. The van der Waals surface area contributed by atoms with Crippen LogP contribution in [-0.4, -0.2) is 27.3 Å². The number of hydrogen-bond acceptors (Lipinski definition) is 6. The van der Waals surface area contributed by atoms with Crippen LogP contribution in [0.1, 0.15) is 13.8 Å². The molecule has 0 atom stereocenters. The van der Waals surface area contributed by atoms with Crippen molar-refractivity contribution < 1.29 is 9.72 Å². The van der Waals surface area contributed by atoms with E-state index in [1.165, 1.54) is 19.1 Å². The fourth-order valence-electron chi connectivity index (χ4n) is 2.80. The first-order valence-corrected chi connectivity index (χ1v) is 8.71. The number of nitro benzene ring substituents is 1. The van der Waals surface area contributed by atoms with Gasteiger partial charge in [-0.2, -0.15) is 0 Å². The number of carbonyl (C=O) groups is 1. The molecule has 8 nitrogen and oxygen atoms in total. The van der Waals surface area contributed by atoms with Crippen LogP contribution in [0.4, 0.5) is 23.0 Å². The number of nitrogens with one attached hydrogen (secondary N) is 1. The number of amides is 1. The molecule has 0 aliphatic rings. The van der Waals surface area contributed by atoms with Gasteiger partial charge in [0, 0.05) is 48.7 Å². The van der Waals surface area contributed by atoms with Gasteiger partial charge in [0.15, 0.2) is 0 Å². The molecule has 0 aliphatic carbocycles. The summed E-state index contributed by atoms with van der Waals surface area (Å²) >= 11 is 0. The van der Waals surface area contributed by atoms with E-state index in [-0.39, 0.29) is 11.6 Å². The second-order valence-electron chi connectivity index (χ2n) is 6.01. The number of non-ortho nitro benzene ring substituents is 1. The van der Waals surface area contributed by atoms with E-state index in [1.54, 1.807) is 29.3 Å². The van der Waals surface area contributed by atoms with Crippen molar-refractivity contribution in [2.45, 2.75) is 13.8 Å². The van der Waals surface area contributed by atoms with Crippen molar-refractivity contribution in [2.24, 2.45) is 0 Å². The van der Waals surface area contributed by atoms with Gasteiger partial charge >= 0.3 is 0 Å². The molecule has 1 N–H and O–H groups in total. The molecule has 1 amide bonds. The number of hydrogen-bond donors (Lipinski definition) is 1. The Morgan fingerprint density at radius 3 is 2.57 bits per heavy atom. The molecule has 0 spiro atoms. The highest BCUT2D eigenvalue weighted by atomic mass is 16.6. The van der Waals surface area contributed by atoms with Crippen LogP contribution < -0.4 is 10.2 Å². The number of nitro groups is 1. The number of benzene rings is 2. The monoisotopic (exact) mass is 377 g/mol. The van der Waals surface area contributed by atoms with Crippen molar-refractivity contribution >= 4 is 28.9 Å². The molecule has 0 aliphatic heterocycles. The van der Waals surface area contributed by atoms with E-state index in [0.717, 1.165) is 11.3 Å². The maximum absolute atomic E-state index is 11.8. The number of anilines is 3. The predicted molar refractivity (Wildman–Crippen MR) is 108 cm³/mol. The highest BCUT2D eigenvalue weighted by Crippen LogP contribution is 2.25. The summed E-state index contributed by atoms with van der Waals surface area (Å²) in [5, 5.41) is 13.8. The van der Waals surface area contributed by atoms with E-state index in [4.69, 9.17) is 0 Å². The van der Waals surface area contributed by atoms with Gasteiger partial charge in [0.05, 0.1) is 10.6 Å². The Kier molecular flexibility index (Phi) is 5.59. The summed E-state index contributed by atoms with van der Waals surface area (Å²) < 4.78 is 0. The SMILES string of the molecule is CCN(C(C)=O)c1cccc(-c2ccnc(Nc3ccc([N+](=O)[O-])cc3)n2)c1. The summed E-state index contributed by atoms with van der Waals surface area (Å²) in [5.41, 5.74) is 3.01. The summed E-state index contributed by atoms with van der Waals surface area (Å²) in [6.45, 7) is 4.04. The van der Waals surface area contributed by atoms with Crippen LogP contribution in [0.15, 0.2) is 60.8 Å². The minimum Gasteiger partial charge on any atom is -0.324 e. The van der Waals surface area contributed by atoms with Gasteiger partial charge in [-0.1, -0.05) is 12.1 Å². The van der Waals surface area contributed by atoms with Crippen molar-refractivity contribution in [1.82, 2.24) is 9.97 Å². The maximum atomic E-state index is 11.8. The van der Waals surface area contributed by atoms with Gasteiger partial charge < -0.3 is 10.2 Å². The number of aromatic nitrogens is 2. The molecular formula is C20H19N5O3. The molecule has 1 heterocycles. The summed E-state index contributed by atoms with van der Waals surface area (Å²) in [6, 6.07) is 15.4. The van der Waals surface area contributed by atoms with Crippen LogP contribution >= 0.6 is 0 Å². The second-order valence-corrected chi connectivity index (χ2v) is 6.01. The summed E-state index contributed by atoms with van der Waals surface area (Å²) in [5.74, 6) is 0.346. The van der Waals surface area contributed by atoms with E-state index in [9.17, 15) is 14.9 Å². The van der Waals surface area contributed by atoms with Gasteiger partial charge in [-0.05, 0) is 37.3 Å². The van der Waals surface area contributed by atoms with Crippen molar-refractivity contribution in [3.8, 4) is 11.3 Å². The van der Waals surface area contributed by atoms with Crippen molar-refractivity contribution in [1.29, 1.82) is 0 Å². The van der Waals surface area contributed by atoms with E-state index >= 15 is 0 Å².